The molecular formula is C21H25ClO5. The van der Waals surface area contributed by atoms with Gasteiger partial charge in [0.25, 0.3) is 0 Å². The van der Waals surface area contributed by atoms with Crippen LogP contribution in [0.4, 0.5) is 0 Å². The van der Waals surface area contributed by atoms with Gasteiger partial charge in [0.15, 0.2) is 0 Å². The molecule has 0 aliphatic carbocycles. The lowest BCUT2D eigenvalue weighted by Crippen LogP contribution is -2.44. The van der Waals surface area contributed by atoms with Gasteiger partial charge in [-0.1, -0.05) is 35.9 Å². The molecule has 1 fully saturated rings. The third-order valence-electron chi connectivity index (χ3n) is 4.79. The summed E-state index contributed by atoms with van der Waals surface area (Å²) in [5.74, 6) is 0.827. The highest BCUT2D eigenvalue weighted by atomic mass is 35.5. The van der Waals surface area contributed by atoms with Crippen molar-refractivity contribution in [2.24, 2.45) is 0 Å². The van der Waals surface area contributed by atoms with Crippen molar-refractivity contribution in [3.05, 3.63) is 64.2 Å². The molecule has 1 aliphatic heterocycles. The smallest absolute Gasteiger partial charge is 0.119 e. The fourth-order valence-electron chi connectivity index (χ4n) is 3.36. The zero-order valence-electron chi connectivity index (χ0n) is 15.2. The summed E-state index contributed by atoms with van der Waals surface area (Å²) in [7, 11) is 0. The average Bonchev–Trinajstić information content (AvgIpc) is 2.66. The van der Waals surface area contributed by atoms with E-state index in [1.54, 1.807) is 6.07 Å². The van der Waals surface area contributed by atoms with Gasteiger partial charge in [-0.25, -0.2) is 0 Å². The highest BCUT2D eigenvalue weighted by molar-refractivity contribution is 6.31. The SMILES string of the molecule is CCOc1ccc(Cc2cc([C@@H]3O[C@H](CO)[C@@H](O)C[C@H]3O)ccc2Cl)cc1. The van der Waals surface area contributed by atoms with Crippen LogP contribution in [-0.2, 0) is 11.2 Å². The number of halogens is 1. The Kier molecular flexibility index (Phi) is 6.73. The van der Waals surface area contributed by atoms with Crippen LogP contribution in [0.2, 0.25) is 5.02 Å². The third kappa shape index (κ3) is 4.81. The molecule has 0 unspecified atom stereocenters. The topological polar surface area (TPSA) is 79.2 Å². The van der Waals surface area contributed by atoms with Gasteiger partial charge in [-0.15, -0.1) is 0 Å². The van der Waals surface area contributed by atoms with Crippen molar-refractivity contribution in [1.82, 2.24) is 0 Å². The van der Waals surface area contributed by atoms with E-state index in [9.17, 15) is 15.3 Å². The van der Waals surface area contributed by atoms with Crippen LogP contribution in [0.25, 0.3) is 0 Å². The van der Waals surface area contributed by atoms with E-state index in [2.05, 4.69) is 0 Å². The predicted molar refractivity (Wildman–Crippen MR) is 103 cm³/mol. The van der Waals surface area contributed by atoms with Gasteiger partial charge in [-0.2, -0.15) is 0 Å². The highest BCUT2D eigenvalue weighted by Crippen LogP contribution is 2.34. The van der Waals surface area contributed by atoms with Crippen molar-refractivity contribution in [2.45, 2.75) is 44.2 Å². The lowest BCUT2D eigenvalue weighted by atomic mass is 9.92. The summed E-state index contributed by atoms with van der Waals surface area (Å²) in [4.78, 5) is 0. The first kappa shape index (κ1) is 20.1. The Balaban J connectivity index is 1.79. The van der Waals surface area contributed by atoms with Gasteiger partial charge in [0.05, 0.1) is 25.4 Å². The van der Waals surface area contributed by atoms with Crippen LogP contribution < -0.4 is 4.74 Å². The minimum atomic E-state index is -0.878. The van der Waals surface area contributed by atoms with Crippen molar-refractivity contribution < 1.29 is 24.8 Å². The van der Waals surface area contributed by atoms with Crippen LogP contribution in [0.1, 0.15) is 36.1 Å². The average molecular weight is 393 g/mol. The predicted octanol–water partition coefficient (Wildman–Crippen LogP) is 2.87. The quantitative estimate of drug-likeness (QED) is 0.704. The molecule has 2 aromatic rings. The van der Waals surface area contributed by atoms with Crippen molar-refractivity contribution in [3.63, 3.8) is 0 Å². The number of aliphatic hydroxyl groups is 3. The molecule has 0 saturated carbocycles. The van der Waals surface area contributed by atoms with Gasteiger partial charge in [0.2, 0.25) is 0 Å². The zero-order valence-corrected chi connectivity index (χ0v) is 16.0. The molecule has 5 nitrogen and oxygen atoms in total. The molecule has 3 rings (SSSR count). The lowest BCUT2D eigenvalue weighted by Gasteiger charge is -2.37. The first-order valence-electron chi connectivity index (χ1n) is 9.14. The van der Waals surface area contributed by atoms with Gasteiger partial charge in [0.1, 0.15) is 18.0 Å². The maximum atomic E-state index is 10.3. The maximum absolute atomic E-state index is 10.3. The summed E-state index contributed by atoms with van der Waals surface area (Å²) in [6, 6.07) is 13.4. The molecule has 0 radical (unpaired) electrons. The van der Waals surface area contributed by atoms with E-state index in [-0.39, 0.29) is 13.0 Å². The third-order valence-corrected chi connectivity index (χ3v) is 5.16. The molecule has 1 saturated heterocycles. The standard InChI is InChI=1S/C21H25ClO5/c1-2-26-16-6-3-13(4-7-16)9-15-10-14(5-8-17(15)22)21-19(25)11-18(24)20(12-23)27-21/h3-8,10,18-21,23-25H,2,9,11-12H2,1H3/t18-,19+,20+,21-/m0/s1. The monoisotopic (exact) mass is 392 g/mol. The Morgan fingerprint density at radius 2 is 1.85 bits per heavy atom. The van der Waals surface area contributed by atoms with Crippen molar-refractivity contribution in [2.75, 3.05) is 13.2 Å². The second-order valence-corrected chi connectivity index (χ2v) is 7.16. The number of aliphatic hydroxyl groups excluding tert-OH is 3. The summed E-state index contributed by atoms with van der Waals surface area (Å²) in [5.41, 5.74) is 2.78. The van der Waals surface area contributed by atoms with Crippen LogP contribution >= 0.6 is 11.6 Å². The molecule has 0 aromatic heterocycles. The van der Waals surface area contributed by atoms with Gasteiger partial charge >= 0.3 is 0 Å². The molecule has 27 heavy (non-hydrogen) atoms. The van der Waals surface area contributed by atoms with Crippen LogP contribution in [-0.4, -0.2) is 46.8 Å². The molecule has 4 atom stereocenters. The van der Waals surface area contributed by atoms with Gasteiger partial charge in [-0.3, -0.25) is 0 Å². The van der Waals surface area contributed by atoms with Crippen molar-refractivity contribution >= 4 is 11.6 Å². The zero-order chi connectivity index (χ0) is 19.4. The summed E-state index contributed by atoms with van der Waals surface area (Å²) in [5, 5.41) is 30.2. The van der Waals surface area contributed by atoms with E-state index in [0.29, 0.717) is 18.1 Å². The maximum Gasteiger partial charge on any atom is 0.119 e. The minimum Gasteiger partial charge on any atom is -0.494 e. The summed E-state index contributed by atoms with van der Waals surface area (Å²) >= 11 is 6.37. The van der Waals surface area contributed by atoms with Gasteiger partial charge < -0.3 is 24.8 Å². The van der Waals surface area contributed by atoms with Crippen LogP contribution in [0.5, 0.6) is 5.75 Å². The first-order valence-corrected chi connectivity index (χ1v) is 9.52. The Bertz CT molecular complexity index is 749. The molecule has 0 spiro atoms. The number of hydrogen-bond donors (Lipinski definition) is 3. The van der Waals surface area contributed by atoms with E-state index in [0.717, 1.165) is 22.4 Å². The van der Waals surface area contributed by atoms with Crippen molar-refractivity contribution in [1.29, 1.82) is 0 Å². The van der Waals surface area contributed by atoms with E-state index in [1.165, 1.54) is 0 Å². The van der Waals surface area contributed by atoms with Crippen LogP contribution in [0.3, 0.4) is 0 Å². The molecule has 2 aromatic carbocycles. The summed E-state index contributed by atoms with van der Waals surface area (Å²) in [6.07, 6.45) is -2.24. The molecule has 1 aliphatic rings. The molecule has 1 heterocycles. The number of ether oxygens (including phenoxy) is 2. The largest absolute Gasteiger partial charge is 0.494 e. The Hall–Kier alpha value is -1.63. The van der Waals surface area contributed by atoms with E-state index >= 15 is 0 Å². The Morgan fingerprint density at radius 1 is 1.11 bits per heavy atom. The fourth-order valence-corrected chi connectivity index (χ4v) is 3.54. The molecule has 3 N–H and O–H groups in total. The van der Waals surface area contributed by atoms with Gasteiger partial charge in [-0.05, 0) is 48.2 Å². The fraction of sp³-hybridized carbons (Fsp3) is 0.429. The molecule has 146 valence electrons. The molecular weight excluding hydrogens is 368 g/mol. The minimum absolute atomic E-state index is 0.159. The van der Waals surface area contributed by atoms with E-state index in [4.69, 9.17) is 21.1 Å². The van der Waals surface area contributed by atoms with E-state index < -0.39 is 24.4 Å². The number of benzene rings is 2. The van der Waals surface area contributed by atoms with Gasteiger partial charge in [0, 0.05) is 11.4 Å². The Labute approximate surface area is 164 Å². The van der Waals surface area contributed by atoms with E-state index in [1.807, 2.05) is 43.3 Å². The number of rotatable bonds is 6. The molecule has 0 amide bonds. The Morgan fingerprint density at radius 3 is 2.52 bits per heavy atom. The summed E-state index contributed by atoms with van der Waals surface area (Å²) in [6.45, 7) is 2.28. The normalized spacial score (nSPS) is 25.4. The second-order valence-electron chi connectivity index (χ2n) is 6.75. The van der Waals surface area contributed by atoms with Crippen LogP contribution in [0, 0.1) is 0 Å². The lowest BCUT2D eigenvalue weighted by molar-refractivity contribution is -0.181. The van der Waals surface area contributed by atoms with Crippen LogP contribution in [0.15, 0.2) is 42.5 Å². The molecule has 6 heteroatoms. The second kappa shape index (κ2) is 9.04. The summed E-state index contributed by atoms with van der Waals surface area (Å²) < 4.78 is 11.2. The van der Waals surface area contributed by atoms with Crippen molar-refractivity contribution in [3.8, 4) is 5.75 Å². The number of hydrogen-bond acceptors (Lipinski definition) is 5. The highest BCUT2D eigenvalue weighted by Gasteiger charge is 2.36. The molecule has 0 bridgehead atoms. The first-order chi connectivity index (χ1) is 13.0.